The molecule has 0 bridgehead atoms. The summed E-state index contributed by atoms with van der Waals surface area (Å²) >= 11 is 6.47. The maximum atomic E-state index is 12.6. The first kappa shape index (κ1) is 22.5. The fourth-order valence-electron chi connectivity index (χ4n) is 2.09. The number of nitrogens with zero attached hydrogens (tertiary/aromatic N) is 2. The van der Waals surface area contributed by atoms with Crippen LogP contribution in [-0.2, 0) is 33.5 Å². The topological polar surface area (TPSA) is 157 Å². The summed E-state index contributed by atoms with van der Waals surface area (Å²) in [6, 6.07) is -1.05. The van der Waals surface area contributed by atoms with Gasteiger partial charge in [0.2, 0.25) is 11.8 Å². The normalized spacial score (nSPS) is 18.3. The maximum Gasteiger partial charge on any atom is 0.332 e. The van der Waals surface area contributed by atoms with Gasteiger partial charge in [0.15, 0.2) is 23.1 Å². The number of hydrogen-bond acceptors (Lipinski definition) is 10. The van der Waals surface area contributed by atoms with Crippen molar-refractivity contribution in [1.82, 2.24) is 15.6 Å². The lowest BCUT2D eigenvalue weighted by molar-refractivity contribution is -0.162. The average molecular weight is 448 g/mol. The summed E-state index contributed by atoms with van der Waals surface area (Å²) in [4.78, 5) is 55.7. The highest BCUT2D eigenvalue weighted by molar-refractivity contribution is 7.14. The van der Waals surface area contributed by atoms with Crippen LogP contribution in [0, 0.1) is 0 Å². The molecule has 1 aromatic heterocycles. The Labute approximate surface area is 173 Å². The summed E-state index contributed by atoms with van der Waals surface area (Å²) in [5.74, 6) is -2.59. The second-order valence-electron chi connectivity index (χ2n) is 5.34. The summed E-state index contributed by atoms with van der Waals surface area (Å²) in [5.41, 5.74) is -0.109. The van der Waals surface area contributed by atoms with Gasteiger partial charge in [-0.1, -0.05) is 5.16 Å². The highest BCUT2D eigenvalue weighted by Gasteiger charge is 2.42. The quantitative estimate of drug-likeness (QED) is 0.138. The summed E-state index contributed by atoms with van der Waals surface area (Å²) in [6.45, 7) is 1.45. The molecule has 2 rings (SSSR count). The Kier molecular flexibility index (Phi) is 8.30. The third-order valence-corrected chi connectivity index (χ3v) is 4.36. The van der Waals surface area contributed by atoms with Gasteiger partial charge in [-0.2, -0.15) is 0 Å². The molecule has 2 atom stereocenters. The molecule has 0 aromatic carbocycles. The number of hydrogen-bond donors (Lipinski definition) is 3. The van der Waals surface area contributed by atoms with Crippen LogP contribution in [0.15, 0.2) is 10.5 Å². The minimum absolute atomic E-state index is 0.114. The molecule has 0 unspecified atom stereocenters. The highest BCUT2D eigenvalue weighted by atomic mass is 35.5. The standard InChI is InChI=1S/C15H18ClN5O7S/c1-3-27-9(23)5-28-14-11(13(25)20-14)19-12(24)10(21-26-2)7-6-29-15(17-7)18-8(22)4-16/h6,11,14H,3-5H2,1-2H3,(H,19,24)(H,20,25)(H,17,18,22)/b21-10-/t11-,14+/m1/s1. The number of carbonyl (C=O) groups excluding carboxylic acids is 4. The Morgan fingerprint density at radius 1 is 1.41 bits per heavy atom. The summed E-state index contributed by atoms with van der Waals surface area (Å²) < 4.78 is 9.94. The molecule has 29 heavy (non-hydrogen) atoms. The van der Waals surface area contributed by atoms with Gasteiger partial charge in [-0.3, -0.25) is 14.4 Å². The van der Waals surface area contributed by atoms with Crippen LogP contribution >= 0.6 is 22.9 Å². The van der Waals surface area contributed by atoms with Crippen LogP contribution in [0.4, 0.5) is 5.13 Å². The Bertz CT molecular complexity index is 815. The summed E-state index contributed by atoms with van der Waals surface area (Å²) in [5, 5.41) is 12.6. The minimum atomic E-state index is -1.05. The third kappa shape index (κ3) is 6.10. The molecule has 0 spiro atoms. The molecule has 1 aliphatic rings. The lowest BCUT2D eigenvalue weighted by atomic mass is 10.1. The number of ether oxygens (including phenoxy) is 2. The van der Waals surface area contributed by atoms with Gasteiger partial charge in [0, 0.05) is 5.38 Å². The number of rotatable bonds is 10. The molecule has 158 valence electrons. The van der Waals surface area contributed by atoms with E-state index in [9.17, 15) is 19.2 Å². The number of β-lactam (4-membered cyclic amide) rings is 1. The zero-order chi connectivity index (χ0) is 21.4. The van der Waals surface area contributed by atoms with Gasteiger partial charge in [-0.15, -0.1) is 22.9 Å². The number of halogens is 1. The number of nitrogens with one attached hydrogen (secondary N) is 3. The van der Waals surface area contributed by atoms with Gasteiger partial charge in [-0.25, -0.2) is 9.78 Å². The Morgan fingerprint density at radius 2 is 2.17 bits per heavy atom. The van der Waals surface area contributed by atoms with E-state index in [4.69, 9.17) is 21.1 Å². The Hall–Kier alpha value is -2.77. The Morgan fingerprint density at radius 3 is 2.79 bits per heavy atom. The van der Waals surface area contributed by atoms with Gasteiger partial charge in [0.1, 0.15) is 25.3 Å². The van der Waals surface area contributed by atoms with E-state index >= 15 is 0 Å². The number of thiazole rings is 1. The zero-order valence-corrected chi connectivity index (χ0v) is 17.0. The largest absolute Gasteiger partial charge is 0.464 e. The number of carbonyl (C=O) groups is 4. The van der Waals surface area contributed by atoms with E-state index in [0.717, 1.165) is 11.3 Å². The molecule has 3 N–H and O–H groups in total. The van der Waals surface area contributed by atoms with Crippen LogP contribution in [-0.4, -0.2) is 72.9 Å². The molecule has 1 fully saturated rings. The molecule has 0 radical (unpaired) electrons. The van der Waals surface area contributed by atoms with Crippen molar-refractivity contribution in [1.29, 1.82) is 0 Å². The van der Waals surface area contributed by atoms with Crippen molar-refractivity contribution in [3.8, 4) is 0 Å². The lowest BCUT2D eigenvalue weighted by Crippen LogP contribution is -2.70. The van der Waals surface area contributed by atoms with Crippen molar-refractivity contribution >= 4 is 57.5 Å². The van der Waals surface area contributed by atoms with E-state index in [1.54, 1.807) is 6.92 Å². The SMILES string of the molecule is CCOC(=O)CO[C@@H]1NC(=O)[C@H]1NC(=O)/C(=N\OC)c1csc(NC(=O)CCl)n1. The fraction of sp³-hybridized carbons (Fsp3) is 0.467. The van der Waals surface area contributed by atoms with Gasteiger partial charge in [-0.05, 0) is 6.92 Å². The van der Waals surface area contributed by atoms with Crippen molar-refractivity contribution in [2.45, 2.75) is 19.2 Å². The van der Waals surface area contributed by atoms with Gasteiger partial charge >= 0.3 is 5.97 Å². The Balaban J connectivity index is 2.02. The molecule has 3 amide bonds. The molecular formula is C15H18ClN5O7S. The zero-order valence-electron chi connectivity index (χ0n) is 15.4. The molecule has 0 saturated carbocycles. The smallest absolute Gasteiger partial charge is 0.332 e. The molecule has 12 nitrogen and oxygen atoms in total. The van der Waals surface area contributed by atoms with E-state index in [1.807, 2.05) is 0 Å². The predicted octanol–water partition coefficient (Wildman–Crippen LogP) is -0.809. The average Bonchev–Trinajstić information content (AvgIpc) is 3.15. The van der Waals surface area contributed by atoms with E-state index in [2.05, 4.69) is 30.9 Å². The molecular weight excluding hydrogens is 430 g/mol. The molecule has 1 saturated heterocycles. The molecule has 1 aromatic rings. The second kappa shape index (κ2) is 10.7. The number of amides is 3. The van der Waals surface area contributed by atoms with Gasteiger partial charge in [0.25, 0.3) is 5.91 Å². The number of alkyl halides is 1. The van der Waals surface area contributed by atoms with Crippen LogP contribution in [0.5, 0.6) is 0 Å². The first-order valence-corrected chi connectivity index (χ1v) is 9.62. The van der Waals surface area contributed by atoms with Crippen LogP contribution in [0.1, 0.15) is 12.6 Å². The predicted molar refractivity (Wildman–Crippen MR) is 101 cm³/mol. The monoisotopic (exact) mass is 447 g/mol. The molecule has 2 heterocycles. The van der Waals surface area contributed by atoms with E-state index in [-0.39, 0.29) is 35.6 Å². The van der Waals surface area contributed by atoms with E-state index in [0.29, 0.717) is 0 Å². The maximum absolute atomic E-state index is 12.6. The van der Waals surface area contributed by atoms with Crippen molar-refractivity contribution < 1.29 is 33.5 Å². The van der Waals surface area contributed by atoms with E-state index < -0.39 is 36.0 Å². The minimum Gasteiger partial charge on any atom is -0.464 e. The van der Waals surface area contributed by atoms with Crippen LogP contribution < -0.4 is 16.0 Å². The number of anilines is 1. The van der Waals surface area contributed by atoms with Crippen molar-refractivity contribution in [3.05, 3.63) is 11.1 Å². The lowest BCUT2D eigenvalue weighted by Gasteiger charge is -2.36. The van der Waals surface area contributed by atoms with Crippen molar-refractivity contribution in [2.24, 2.45) is 5.16 Å². The van der Waals surface area contributed by atoms with Crippen LogP contribution in [0.25, 0.3) is 0 Å². The van der Waals surface area contributed by atoms with Gasteiger partial charge < -0.3 is 30.3 Å². The number of oxime groups is 1. The number of aromatic nitrogens is 1. The second-order valence-corrected chi connectivity index (χ2v) is 6.46. The van der Waals surface area contributed by atoms with Crippen molar-refractivity contribution in [3.63, 3.8) is 0 Å². The van der Waals surface area contributed by atoms with Gasteiger partial charge in [0.05, 0.1) is 6.61 Å². The number of esters is 1. The van der Waals surface area contributed by atoms with Crippen LogP contribution in [0.3, 0.4) is 0 Å². The van der Waals surface area contributed by atoms with Crippen LogP contribution in [0.2, 0.25) is 0 Å². The highest BCUT2D eigenvalue weighted by Crippen LogP contribution is 2.17. The van der Waals surface area contributed by atoms with E-state index in [1.165, 1.54) is 12.5 Å². The van der Waals surface area contributed by atoms with Crippen molar-refractivity contribution in [2.75, 3.05) is 31.5 Å². The molecule has 14 heteroatoms. The first-order valence-electron chi connectivity index (χ1n) is 8.20. The first-order chi connectivity index (χ1) is 13.9. The summed E-state index contributed by atoms with van der Waals surface area (Å²) in [6.07, 6.45) is -0.909. The molecule has 1 aliphatic heterocycles. The molecule has 0 aliphatic carbocycles. The summed E-state index contributed by atoms with van der Waals surface area (Å²) in [7, 11) is 1.23. The fourth-order valence-corrected chi connectivity index (χ4v) is 2.87. The third-order valence-electron chi connectivity index (χ3n) is 3.35.